The molecule has 0 saturated heterocycles. The predicted octanol–water partition coefficient (Wildman–Crippen LogP) is -0.217. The molecule has 0 heterocycles. The van der Waals surface area contributed by atoms with E-state index in [2.05, 4.69) is 5.32 Å². The summed E-state index contributed by atoms with van der Waals surface area (Å²) < 4.78 is 21.8. The zero-order chi connectivity index (χ0) is 14.3. The molecule has 0 rings (SSSR count). The molecule has 7 nitrogen and oxygen atoms in total. The van der Waals surface area contributed by atoms with E-state index in [9.17, 15) is 18.0 Å². The first kappa shape index (κ1) is 16.7. The molecule has 0 fully saturated rings. The monoisotopic (exact) mass is 280 g/mol. The highest BCUT2D eigenvalue weighted by Gasteiger charge is 2.17. The van der Waals surface area contributed by atoms with Crippen LogP contribution in [-0.4, -0.2) is 62.6 Å². The van der Waals surface area contributed by atoms with E-state index >= 15 is 0 Å². The molecule has 0 aromatic rings. The topological polar surface area (TPSA) is 104 Å². The van der Waals surface area contributed by atoms with Gasteiger partial charge in [-0.25, -0.2) is 13.2 Å². The molecular formula is C10H20N2O5S. The lowest BCUT2D eigenvalue weighted by molar-refractivity contribution is -0.141. The fourth-order valence-electron chi connectivity index (χ4n) is 1.16. The number of carbonyl (C=O) groups is 2. The predicted molar refractivity (Wildman–Crippen MR) is 67.2 cm³/mol. The fourth-order valence-corrected chi connectivity index (χ4v) is 1.76. The van der Waals surface area contributed by atoms with Crippen LogP contribution in [0.3, 0.4) is 0 Å². The summed E-state index contributed by atoms with van der Waals surface area (Å²) in [6.07, 6.45) is 1.51. The number of aliphatic carboxylic acids is 1. The maximum atomic E-state index is 11.5. The van der Waals surface area contributed by atoms with Gasteiger partial charge in [0.2, 0.25) is 0 Å². The van der Waals surface area contributed by atoms with Crippen molar-refractivity contribution in [2.75, 3.05) is 32.1 Å². The maximum absolute atomic E-state index is 11.5. The number of nitrogens with one attached hydrogen (secondary N) is 1. The van der Waals surface area contributed by atoms with Crippen LogP contribution in [0, 0.1) is 5.92 Å². The number of carboxylic acids is 1. The van der Waals surface area contributed by atoms with E-state index in [0.29, 0.717) is 6.42 Å². The normalized spacial score (nSPS) is 12.8. The molecule has 1 unspecified atom stereocenters. The second kappa shape index (κ2) is 7.20. The molecule has 2 N–H and O–H groups in total. The average molecular weight is 280 g/mol. The van der Waals surface area contributed by atoms with Crippen molar-refractivity contribution in [3.05, 3.63) is 0 Å². The lowest BCUT2D eigenvalue weighted by Gasteiger charge is -2.19. The number of urea groups is 1. The molecule has 0 aromatic carbocycles. The molecule has 0 aliphatic rings. The van der Waals surface area contributed by atoms with Crippen molar-refractivity contribution in [2.45, 2.75) is 13.3 Å². The summed E-state index contributed by atoms with van der Waals surface area (Å²) in [4.78, 5) is 23.5. The number of rotatable bonds is 7. The molecule has 0 bridgehead atoms. The highest BCUT2D eigenvalue weighted by atomic mass is 32.2. The number of amides is 2. The van der Waals surface area contributed by atoms with E-state index in [4.69, 9.17) is 5.11 Å². The average Bonchev–Trinajstić information content (AvgIpc) is 2.24. The Bertz CT molecular complexity index is 393. The molecule has 0 aromatic heterocycles. The lowest BCUT2D eigenvalue weighted by atomic mass is 10.1. The summed E-state index contributed by atoms with van der Waals surface area (Å²) in [6, 6.07) is -0.474. The summed E-state index contributed by atoms with van der Waals surface area (Å²) in [5.41, 5.74) is 0. The number of carboxylic acid groups (broad SMARTS) is 1. The van der Waals surface area contributed by atoms with E-state index in [1.165, 1.54) is 11.9 Å². The molecule has 18 heavy (non-hydrogen) atoms. The van der Waals surface area contributed by atoms with Gasteiger partial charge in [0.05, 0.1) is 11.7 Å². The van der Waals surface area contributed by atoms with Crippen molar-refractivity contribution in [3.63, 3.8) is 0 Å². The molecule has 1 atom stereocenters. The highest BCUT2D eigenvalue weighted by Crippen LogP contribution is 2.00. The molecule has 0 radical (unpaired) electrons. The van der Waals surface area contributed by atoms with Gasteiger partial charge in [-0.3, -0.25) is 4.79 Å². The Morgan fingerprint density at radius 1 is 1.39 bits per heavy atom. The van der Waals surface area contributed by atoms with Crippen LogP contribution in [0.2, 0.25) is 0 Å². The van der Waals surface area contributed by atoms with Crippen LogP contribution in [0.5, 0.6) is 0 Å². The van der Waals surface area contributed by atoms with Gasteiger partial charge in [0.25, 0.3) is 0 Å². The lowest BCUT2D eigenvalue weighted by Crippen LogP contribution is -2.42. The number of hydrogen-bond donors (Lipinski definition) is 2. The van der Waals surface area contributed by atoms with E-state index in [1.54, 1.807) is 6.92 Å². The smallest absolute Gasteiger partial charge is 0.317 e. The Kier molecular flexibility index (Phi) is 6.67. The van der Waals surface area contributed by atoms with E-state index in [1.807, 2.05) is 0 Å². The van der Waals surface area contributed by atoms with Crippen LogP contribution in [0.1, 0.15) is 13.3 Å². The minimum Gasteiger partial charge on any atom is -0.481 e. The van der Waals surface area contributed by atoms with Crippen molar-refractivity contribution in [3.8, 4) is 0 Å². The molecule has 0 spiro atoms. The first-order valence-electron chi connectivity index (χ1n) is 5.56. The molecule has 8 heteroatoms. The second-order valence-electron chi connectivity index (χ2n) is 4.18. The van der Waals surface area contributed by atoms with Crippen molar-refractivity contribution in [2.24, 2.45) is 5.92 Å². The molecular weight excluding hydrogens is 260 g/mol. The highest BCUT2D eigenvalue weighted by molar-refractivity contribution is 7.90. The quantitative estimate of drug-likeness (QED) is 0.671. The summed E-state index contributed by atoms with van der Waals surface area (Å²) >= 11 is 0. The van der Waals surface area contributed by atoms with Gasteiger partial charge in [-0.1, -0.05) is 6.92 Å². The van der Waals surface area contributed by atoms with Gasteiger partial charge >= 0.3 is 12.0 Å². The number of carbonyl (C=O) groups excluding carboxylic acids is 1. The summed E-state index contributed by atoms with van der Waals surface area (Å²) in [6.45, 7) is 1.83. The number of nitrogens with zero attached hydrogens (tertiary/aromatic N) is 1. The minimum atomic E-state index is -3.12. The number of sulfone groups is 1. The number of hydrogen-bond acceptors (Lipinski definition) is 4. The van der Waals surface area contributed by atoms with Gasteiger partial charge in [-0.05, 0) is 6.42 Å². The minimum absolute atomic E-state index is 0.0356. The van der Waals surface area contributed by atoms with Crippen molar-refractivity contribution in [1.29, 1.82) is 0 Å². The van der Waals surface area contributed by atoms with Crippen LogP contribution < -0.4 is 5.32 Å². The van der Waals surface area contributed by atoms with Crippen LogP contribution in [-0.2, 0) is 14.6 Å². The van der Waals surface area contributed by atoms with Gasteiger partial charge in [0.1, 0.15) is 9.84 Å². The Hall–Kier alpha value is -1.31. The Morgan fingerprint density at radius 3 is 2.33 bits per heavy atom. The van der Waals surface area contributed by atoms with Gasteiger partial charge in [0, 0.05) is 26.4 Å². The third kappa shape index (κ3) is 7.10. The van der Waals surface area contributed by atoms with Crippen molar-refractivity contribution < 1.29 is 23.1 Å². The Balaban J connectivity index is 4.13. The summed E-state index contributed by atoms with van der Waals surface area (Å²) in [5.74, 6) is -1.71. The van der Waals surface area contributed by atoms with Gasteiger partial charge in [-0.2, -0.15) is 0 Å². The first-order valence-corrected chi connectivity index (χ1v) is 7.63. The first-order chi connectivity index (χ1) is 8.17. The third-order valence-corrected chi connectivity index (χ3v) is 3.41. The van der Waals surface area contributed by atoms with Crippen molar-refractivity contribution in [1.82, 2.24) is 10.2 Å². The van der Waals surface area contributed by atoms with Gasteiger partial charge < -0.3 is 15.3 Å². The fraction of sp³-hybridized carbons (Fsp3) is 0.800. The van der Waals surface area contributed by atoms with Crippen molar-refractivity contribution >= 4 is 21.8 Å². The molecule has 0 aliphatic heterocycles. The molecule has 2 amide bonds. The van der Waals surface area contributed by atoms with E-state index < -0.39 is 27.8 Å². The summed E-state index contributed by atoms with van der Waals surface area (Å²) in [5, 5.41) is 11.3. The summed E-state index contributed by atoms with van der Waals surface area (Å²) in [7, 11) is -1.66. The van der Waals surface area contributed by atoms with Crippen LogP contribution in [0.15, 0.2) is 0 Å². The van der Waals surface area contributed by atoms with Crippen LogP contribution in [0.25, 0.3) is 0 Å². The SMILES string of the molecule is CCC(CNC(=O)N(C)CCS(C)(=O)=O)C(=O)O. The standard InChI is InChI=1S/C10H20N2O5S/c1-4-8(9(13)14)7-11-10(15)12(2)5-6-18(3,16)17/h8H,4-7H2,1-3H3,(H,11,15)(H,13,14). The zero-order valence-electron chi connectivity index (χ0n) is 10.8. The largest absolute Gasteiger partial charge is 0.481 e. The maximum Gasteiger partial charge on any atom is 0.317 e. The second-order valence-corrected chi connectivity index (χ2v) is 6.44. The van der Waals surface area contributed by atoms with Crippen LogP contribution >= 0.6 is 0 Å². The Labute approximate surface area is 107 Å². The van der Waals surface area contributed by atoms with Gasteiger partial charge in [-0.15, -0.1) is 0 Å². The third-order valence-electron chi connectivity index (χ3n) is 2.49. The van der Waals surface area contributed by atoms with Crippen LogP contribution in [0.4, 0.5) is 4.79 Å². The molecule has 0 saturated carbocycles. The Morgan fingerprint density at radius 2 is 1.94 bits per heavy atom. The van der Waals surface area contributed by atoms with Gasteiger partial charge in [0.15, 0.2) is 0 Å². The van der Waals surface area contributed by atoms with E-state index in [-0.39, 0.29) is 18.8 Å². The zero-order valence-corrected chi connectivity index (χ0v) is 11.7. The van der Waals surface area contributed by atoms with E-state index in [0.717, 1.165) is 6.26 Å². The molecule has 0 aliphatic carbocycles. The molecule has 106 valence electrons.